The summed E-state index contributed by atoms with van der Waals surface area (Å²) in [6.07, 6.45) is 0.872. The van der Waals surface area contributed by atoms with Crippen molar-refractivity contribution in [2.45, 2.75) is 32.4 Å². The third-order valence-corrected chi connectivity index (χ3v) is 7.75. The fourth-order valence-corrected chi connectivity index (χ4v) is 5.68. The van der Waals surface area contributed by atoms with E-state index in [1.807, 2.05) is 37.3 Å². The maximum absolute atomic E-state index is 14.1. The van der Waals surface area contributed by atoms with E-state index in [2.05, 4.69) is 16.0 Å². The Kier molecular flexibility index (Phi) is 6.66. The number of aromatic nitrogens is 2. The number of aromatic amines is 1. The van der Waals surface area contributed by atoms with Gasteiger partial charge in [-0.25, -0.2) is 18.6 Å². The smallest absolute Gasteiger partial charge is 0.320 e. The predicted molar refractivity (Wildman–Crippen MR) is 142 cm³/mol. The van der Waals surface area contributed by atoms with Gasteiger partial charge in [0.05, 0.1) is 36.8 Å². The van der Waals surface area contributed by atoms with E-state index in [4.69, 9.17) is 4.74 Å². The summed E-state index contributed by atoms with van der Waals surface area (Å²) >= 11 is 0. The van der Waals surface area contributed by atoms with Gasteiger partial charge < -0.3 is 19.5 Å². The molecule has 9 heteroatoms. The average Bonchev–Trinajstić information content (AvgIpc) is 3.19. The van der Waals surface area contributed by atoms with Crippen molar-refractivity contribution in [3.8, 4) is 16.9 Å². The Morgan fingerprint density at radius 2 is 1.87 bits per heavy atom. The highest BCUT2D eigenvalue weighted by Crippen LogP contribution is 2.37. The summed E-state index contributed by atoms with van der Waals surface area (Å²) in [6.45, 7) is 2.78. The molecule has 3 heterocycles. The number of carbonyl (C=O) groups is 1. The lowest BCUT2D eigenvalue weighted by Gasteiger charge is -2.41. The number of likely N-dealkylation sites (tertiary alicyclic amines) is 1. The third-order valence-electron chi connectivity index (χ3n) is 7.75. The molecule has 0 aliphatic carbocycles. The molecule has 1 saturated heterocycles. The second kappa shape index (κ2) is 10.3. The Hall–Kier alpha value is -4.01. The first kappa shape index (κ1) is 25.3. The van der Waals surface area contributed by atoms with Gasteiger partial charge in [-0.15, -0.1) is 0 Å². The highest BCUT2D eigenvalue weighted by atomic mass is 19.2. The molecule has 39 heavy (non-hydrogen) atoms. The van der Waals surface area contributed by atoms with Crippen LogP contribution >= 0.6 is 0 Å². The lowest BCUT2D eigenvalue weighted by Crippen LogP contribution is -2.48. The van der Waals surface area contributed by atoms with Gasteiger partial charge in [-0.1, -0.05) is 18.2 Å². The number of rotatable bonds is 3. The number of ether oxygens (including phenoxy) is 1. The highest BCUT2D eigenvalue weighted by molar-refractivity contribution is 5.82. The van der Waals surface area contributed by atoms with Gasteiger partial charge in [0.15, 0.2) is 11.6 Å². The molecule has 4 aromatic rings. The van der Waals surface area contributed by atoms with Crippen LogP contribution in [0.5, 0.6) is 5.75 Å². The normalized spacial score (nSPS) is 19.5. The summed E-state index contributed by atoms with van der Waals surface area (Å²) in [7, 11) is 0. The predicted octanol–water partition coefficient (Wildman–Crippen LogP) is 6.55. The number of nitrogens with one attached hydrogen (secondary N) is 1. The fourth-order valence-electron chi connectivity index (χ4n) is 5.68. The van der Waals surface area contributed by atoms with Crippen molar-refractivity contribution in [1.82, 2.24) is 19.8 Å². The molecule has 2 atom stereocenters. The van der Waals surface area contributed by atoms with Crippen molar-refractivity contribution in [2.75, 3.05) is 26.4 Å². The minimum atomic E-state index is -0.977. The summed E-state index contributed by atoms with van der Waals surface area (Å²) < 4.78 is 47.3. The van der Waals surface area contributed by atoms with Crippen LogP contribution in [0, 0.1) is 24.5 Å². The molecule has 0 saturated carbocycles. The second-order valence-corrected chi connectivity index (χ2v) is 10.4. The highest BCUT2D eigenvalue weighted by Gasteiger charge is 2.36. The van der Waals surface area contributed by atoms with Gasteiger partial charge in [0.1, 0.15) is 18.2 Å². The van der Waals surface area contributed by atoms with Crippen molar-refractivity contribution in [1.29, 1.82) is 0 Å². The largest absolute Gasteiger partial charge is 0.491 e. The minimum Gasteiger partial charge on any atom is -0.491 e. The van der Waals surface area contributed by atoms with Gasteiger partial charge >= 0.3 is 6.03 Å². The zero-order valence-corrected chi connectivity index (χ0v) is 21.6. The molecule has 0 radical (unpaired) electrons. The van der Waals surface area contributed by atoms with Gasteiger partial charge in [-0.3, -0.25) is 4.39 Å². The van der Waals surface area contributed by atoms with Crippen LogP contribution in [0.3, 0.4) is 0 Å². The first-order valence-corrected chi connectivity index (χ1v) is 13.2. The number of benzene rings is 3. The molecule has 3 aromatic carbocycles. The lowest BCUT2D eigenvalue weighted by molar-refractivity contribution is 0.0875. The van der Waals surface area contributed by atoms with E-state index in [0.717, 1.165) is 51.4 Å². The molecular formula is C30H29F3N4O2. The van der Waals surface area contributed by atoms with E-state index in [1.165, 1.54) is 6.07 Å². The molecule has 0 spiro atoms. The fraction of sp³-hybridized carbons (Fsp3) is 0.333. The molecule has 2 amide bonds. The molecule has 202 valence electrons. The zero-order valence-electron chi connectivity index (χ0n) is 21.6. The van der Waals surface area contributed by atoms with E-state index in [9.17, 15) is 18.0 Å². The Morgan fingerprint density at radius 3 is 2.69 bits per heavy atom. The van der Waals surface area contributed by atoms with Gasteiger partial charge in [0.25, 0.3) is 0 Å². The van der Waals surface area contributed by atoms with Gasteiger partial charge in [-0.05, 0) is 78.8 Å². The average molecular weight is 535 g/mol. The van der Waals surface area contributed by atoms with Crippen molar-refractivity contribution in [2.24, 2.45) is 5.92 Å². The van der Waals surface area contributed by atoms with Gasteiger partial charge in [-0.2, -0.15) is 0 Å². The molecule has 6 rings (SSSR count). The Morgan fingerprint density at radius 1 is 1.05 bits per heavy atom. The Balaban J connectivity index is 1.28. The summed E-state index contributed by atoms with van der Waals surface area (Å²) in [5.41, 5.74) is 5.21. The van der Waals surface area contributed by atoms with Crippen LogP contribution in [0.4, 0.5) is 18.0 Å². The number of aryl methyl sites for hydroxylation is 1. The van der Waals surface area contributed by atoms with E-state index >= 15 is 0 Å². The van der Waals surface area contributed by atoms with Crippen LogP contribution in [-0.4, -0.2) is 52.2 Å². The standard InChI is InChI=1S/C30H29F3N4O2/c1-18-34-26-6-3-21(15-27(26)35-18)20-4-7-29-23(13-20)17-36(10-11-39-29)30(38)37-9-8-19(16-31)12-28(37)22-2-5-24(32)25(33)14-22/h2-7,13-15,19,28H,8-12,16-17H2,1H3,(H,34,35). The Labute approximate surface area is 224 Å². The molecule has 1 fully saturated rings. The molecule has 2 unspecified atom stereocenters. The quantitative estimate of drug-likeness (QED) is 0.324. The summed E-state index contributed by atoms with van der Waals surface area (Å²) in [5, 5.41) is 0. The van der Waals surface area contributed by atoms with Crippen LogP contribution in [-0.2, 0) is 6.54 Å². The number of fused-ring (bicyclic) bond motifs is 2. The van der Waals surface area contributed by atoms with Crippen LogP contribution in [0.25, 0.3) is 22.2 Å². The maximum atomic E-state index is 14.1. The van der Waals surface area contributed by atoms with E-state index in [0.29, 0.717) is 44.6 Å². The van der Waals surface area contributed by atoms with Crippen molar-refractivity contribution in [3.63, 3.8) is 0 Å². The van der Waals surface area contributed by atoms with E-state index < -0.39 is 24.4 Å². The van der Waals surface area contributed by atoms with Crippen LogP contribution < -0.4 is 4.74 Å². The number of hydrogen-bond donors (Lipinski definition) is 1. The van der Waals surface area contributed by atoms with E-state index in [1.54, 1.807) is 9.80 Å². The van der Waals surface area contributed by atoms with Crippen LogP contribution in [0.2, 0.25) is 0 Å². The summed E-state index contributed by atoms with van der Waals surface area (Å²) in [6, 6.07) is 14.9. The van der Waals surface area contributed by atoms with Crippen molar-refractivity contribution >= 4 is 17.1 Å². The molecule has 1 N–H and O–H groups in total. The van der Waals surface area contributed by atoms with Crippen LogP contribution in [0.1, 0.15) is 35.8 Å². The van der Waals surface area contributed by atoms with Crippen molar-refractivity contribution in [3.05, 3.63) is 83.2 Å². The Bertz CT molecular complexity index is 1540. The number of piperidine rings is 1. The third kappa shape index (κ3) is 4.93. The number of nitrogens with zero attached hydrogens (tertiary/aromatic N) is 3. The molecule has 2 aliphatic rings. The number of amides is 2. The molecular weight excluding hydrogens is 505 g/mol. The number of imidazole rings is 1. The first-order valence-electron chi connectivity index (χ1n) is 13.2. The number of H-pyrrole nitrogens is 1. The number of urea groups is 1. The number of hydrogen-bond acceptors (Lipinski definition) is 3. The van der Waals surface area contributed by atoms with Gasteiger partial charge in [0.2, 0.25) is 0 Å². The van der Waals surface area contributed by atoms with E-state index in [-0.39, 0.29) is 11.9 Å². The minimum absolute atomic E-state index is 0.224. The number of carbonyl (C=O) groups excluding carboxylic acids is 1. The van der Waals surface area contributed by atoms with Crippen molar-refractivity contribution < 1.29 is 22.7 Å². The number of halogens is 3. The monoisotopic (exact) mass is 534 g/mol. The number of alkyl halides is 1. The first-order chi connectivity index (χ1) is 18.9. The summed E-state index contributed by atoms with van der Waals surface area (Å²) in [5.74, 6) is -0.590. The lowest BCUT2D eigenvalue weighted by atomic mass is 9.88. The second-order valence-electron chi connectivity index (χ2n) is 10.4. The maximum Gasteiger partial charge on any atom is 0.320 e. The SMILES string of the molecule is Cc1nc2ccc(-c3ccc4c(c3)CN(C(=O)N3CCC(CF)CC3c3ccc(F)c(F)c3)CCO4)cc2[nH]1. The van der Waals surface area contributed by atoms with Gasteiger partial charge in [0, 0.05) is 12.1 Å². The molecule has 2 aliphatic heterocycles. The molecule has 1 aromatic heterocycles. The summed E-state index contributed by atoms with van der Waals surface area (Å²) in [4.78, 5) is 25.0. The van der Waals surface area contributed by atoms with Crippen LogP contribution in [0.15, 0.2) is 54.6 Å². The molecule has 6 nitrogen and oxygen atoms in total. The molecule has 0 bridgehead atoms. The topological polar surface area (TPSA) is 61.5 Å². The zero-order chi connectivity index (χ0) is 27.1.